The summed E-state index contributed by atoms with van der Waals surface area (Å²) in [4.78, 5) is 0.203. The Labute approximate surface area is 145 Å². The molecule has 4 nitrogen and oxygen atoms in total. The molecular formula is C14H19BrClFN2O2S. The second-order valence-corrected chi connectivity index (χ2v) is 8.41. The van der Waals surface area contributed by atoms with Gasteiger partial charge in [-0.15, -0.1) is 12.4 Å². The number of fused-ring (bicyclic) bond motifs is 2. The lowest BCUT2D eigenvalue weighted by Gasteiger charge is -2.27. The fourth-order valence-corrected chi connectivity index (χ4v) is 5.98. The van der Waals surface area contributed by atoms with Gasteiger partial charge >= 0.3 is 0 Å². The molecule has 1 aromatic carbocycles. The van der Waals surface area contributed by atoms with Gasteiger partial charge in [-0.2, -0.15) is 4.31 Å². The third-order valence-electron chi connectivity index (χ3n) is 4.36. The van der Waals surface area contributed by atoms with Crippen molar-refractivity contribution in [3.05, 3.63) is 28.0 Å². The summed E-state index contributed by atoms with van der Waals surface area (Å²) < 4.78 is 41.5. The summed E-state index contributed by atoms with van der Waals surface area (Å²) in [6, 6.07) is 2.72. The second-order valence-electron chi connectivity index (χ2n) is 5.74. The third-order valence-corrected chi connectivity index (χ3v) is 7.12. The zero-order valence-corrected chi connectivity index (χ0v) is 15.4. The van der Waals surface area contributed by atoms with E-state index in [2.05, 4.69) is 21.2 Å². The Morgan fingerprint density at radius 1 is 1.27 bits per heavy atom. The first kappa shape index (κ1) is 18.1. The van der Waals surface area contributed by atoms with Gasteiger partial charge in [0.2, 0.25) is 10.0 Å². The topological polar surface area (TPSA) is 49.4 Å². The molecule has 3 rings (SSSR count). The number of rotatable bonds is 2. The maximum Gasteiger partial charge on any atom is 0.243 e. The van der Waals surface area contributed by atoms with Crippen molar-refractivity contribution in [1.29, 1.82) is 0 Å². The van der Waals surface area contributed by atoms with Gasteiger partial charge in [0.1, 0.15) is 5.82 Å². The maximum atomic E-state index is 13.6. The van der Waals surface area contributed by atoms with E-state index >= 15 is 0 Å². The molecule has 2 saturated heterocycles. The van der Waals surface area contributed by atoms with Crippen LogP contribution in [0.5, 0.6) is 0 Å². The Morgan fingerprint density at radius 2 is 1.95 bits per heavy atom. The predicted octanol–water partition coefficient (Wildman–Crippen LogP) is 2.83. The summed E-state index contributed by atoms with van der Waals surface area (Å²) in [5.41, 5.74) is 0.451. The average molecular weight is 414 g/mol. The van der Waals surface area contributed by atoms with Crippen LogP contribution in [0, 0.1) is 12.7 Å². The number of nitrogens with one attached hydrogen (secondary N) is 1. The van der Waals surface area contributed by atoms with Gasteiger partial charge in [0.05, 0.1) is 9.37 Å². The van der Waals surface area contributed by atoms with Gasteiger partial charge < -0.3 is 5.32 Å². The van der Waals surface area contributed by atoms with E-state index < -0.39 is 15.8 Å². The standard InChI is InChI=1S/C14H18BrFN2O2S.ClH/c1-9-6-13(16)12(15)7-14(9)21(19,20)18-10-2-3-11(18)8-17-5-4-10;/h6-7,10-11,17H,2-5,8H2,1H3;1H. The third kappa shape index (κ3) is 3.06. The molecule has 2 aliphatic rings. The molecule has 22 heavy (non-hydrogen) atoms. The fourth-order valence-electron chi connectivity index (χ4n) is 3.35. The van der Waals surface area contributed by atoms with Crippen LogP contribution in [0.3, 0.4) is 0 Å². The number of nitrogens with zero attached hydrogens (tertiary/aromatic N) is 1. The van der Waals surface area contributed by atoms with E-state index in [4.69, 9.17) is 0 Å². The number of sulfonamides is 1. The van der Waals surface area contributed by atoms with Crippen LogP contribution >= 0.6 is 28.3 Å². The van der Waals surface area contributed by atoms with Gasteiger partial charge in [0.15, 0.2) is 0 Å². The number of hydrogen-bond donors (Lipinski definition) is 1. The van der Waals surface area contributed by atoms with E-state index in [1.54, 1.807) is 11.2 Å². The van der Waals surface area contributed by atoms with Crippen LogP contribution in [0.1, 0.15) is 24.8 Å². The minimum atomic E-state index is -3.59. The smallest absolute Gasteiger partial charge is 0.243 e. The van der Waals surface area contributed by atoms with Crippen molar-refractivity contribution in [1.82, 2.24) is 9.62 Å². The Morgan fingerprint density at radius 3 is 2.68 bits per heavy atom. The molecule has 0 amide bonds. The highest BCUT2D eigenvalue weighted by molar-refractivity contribution is 9.10. The largest absolute Gasteiger partial charge is 0.315 e. The maximum absolute atomic E-state index is 13.6. The summed E-state index contributed by atoms with van der Waals surface area (Å²) in [5.74, 6) is -0.438. The molecule has 1 N–H and O–H groups in total. The molecule has 0 aliphatic carbocycles. The molecular weight excluding hydrogens is 395 g/mol. The summed E-state index contributed by atoms with van der Waals surface area (Å²) in [6.07, 6.45) is 2.63. The monoisotopic (exact) mass is 412 g/mol. The zero-order valence-electron chi connectivity index (χ0n) is 12.2. The van der Waals surface area contributed by atoms with Crippen molar-refractivity contribution < 1.29 is 12.8 Å². The van der Waals surface area contributed by atoms with Gasteiger partial charge in [0, 0.05) is 18.6 Å². The number of aryl methyl sites for hydroxylation is 1. The first-order chi connectivity index (χ1) is 9.91. The van der Waals surface area contributed by atoms with Crippen LogP contribution in [-0.2, 0) is 10.0 Å². The molecule has 1 aromatic rings. The Hall–Kier alpha value is -0.210. The molecule has 2 fully saturated rings. The van der Waals surface area contributed by atoms with Crippen LogP contribution in [-0.4, -0.2) is 37.9 Å². The Bertz CT molecular complexity index is 657. The lowest BCUT2D eigenvalue weighted by molar-refractivity contribution is 0.334. The molecule has 2 bridgehead atoms. The molecule has 2 unspecified atom stereocenters. The lowest BCUT2D eigenvalue weighted by atomic mass is 10.1. The zero-order chi connectivity index (χ0) is 15.2. The quantitative estimate of drug-likeness (QED) is 0.811. The van der Waals surface area contributed by atoms with Crippen LogP contribution in [0.2, 0.25) is 0 Å². The fraction of sp³-hybridized carbons (Fsp3) is 0.571. The molecule has 2 aliphatic heterocycles. The minimum absolute atomic E-state index is 0. The van der Waals surface area contributed by atoms with E-state index in [0.717, 1.165) is 25.8 Å². The molecule has 8 heteroatoms. The molecule has 0 spiro atoms. The van der Waals surface area contributed by atoms with E-state index in [9.17, 15) is 12.8 Å². The van der Waals surface area contributed by atoms with Crippen LogP contribution < -0.4 is 5.32 Å². The van der Waals surface area contributed by atoms with Gasteiger partial charge in [-0.25, -0.2) is 12.8 Å². The van der Waals surface area contributed by atoms with Crippen molar-refractivity contribution in [2.75, 3.05) is 13.1 Å². The normalized spacial score (nSPS) is 25.6. The first-order valence-electron chi connectivity index (χ1n) is 7.11. The molecule has 0 radical (unpaired) electrons. The number of benzene rings is 1. The van der Waals surface area contributed by atoms with Crippen LogP contribution in [0.4, 0.5) is 4.39 Å². The summed E-state index contributed by atoms with van der Waals surface area (Å²) in [5, 5.41) is 3.29. The highest BCUT2D eigenvalue weighted by Crippen LogP contribution is 2.35. The van der Waals surface area contributed by atoms with Crippen molar-refractivity contribution in [3.8, 4) is 0 Å². The highest BCUT2D eigenvalue weighted by atomic mass is 79.9. The van der Waals surface area contributed by atoms with E-state index in [0.29, 0.717) is 12.1 Å². The molecule has 0 saturated carbocycles. The second kappa shape index (κ2) is 6.73. The van der Waals surface area contributed by atoms with Crippen molar-refractivity contribution in [2.45, 2.75) is 43.2 Å². The van der Waals surface area contributed by atoms with Crippen LogP contribution in [0.15, 0.2) is 21.5 Å². The molecule has 2 atom stereocenters. The van der Waals surface area contributed by atoms with E-state index in [-0.39, 0.29) is 33.9 Å². The number of halogens is 3. The van der Waals surface area contributed by atoms with Crippen molar-refractivity contribution in [3.63, 3.8) is 0 Å². The van der Waals surface area contributed by atoms with E-state index in [1.165, 1.54) is 12.1 Å². The molecule has 124 valence electrons. The molecule has 2 heterocycles. The minimum Gasteiger partial charge on any atom is -0.315 e. The van der Waals surface area contributed by atoms with Crippen molar-refractivity contribution in [2.24, 2.45) is 0 Å². The van der Waals surface area contributed by atoms with Crippen LogP contribution in [0.25, 0.3) is 0 Å². The van der Waals surface area contributed by atoms with Gasteiger partial charge in [-0.3, -0.25) is 0 Å². The predicted molar refractivity (Wildman–Crippen MR) is 89.4 cm³/mol. The summed E-state index contributed by atoms with van der Waals surface area (Å²) in [7, 11) is -3.59. The molecule has 0 aromatic heterocycles. The van der Waals surface area contributed by atoms with Gasteiger partial charge in [-0.1, -0.05) is 0 Å². The Balaban J connectivity index is 0.00000176. The highest BCUT2D eigenvalue weighted by Gasteiger charge is 2.43. The van der Waals surface area contributed by atoms with E-state index in [1.807, 2.05) is 0 Å². The lowest BCUT2D eigenvalue weighted by Crippen LogP contribution is -2.42. The van der Waals surface area contributed by atoms with Crippen molar-refractivity contribution >= 4 is 38.4 Å². The van der Waals surface area contributed by atoms with Gasteiger partial charge in [-0.05, 0) is 66.4 Å². The Kier molecular flexibility index (Phi) is 5.54. The van der Waals surface area contributed by atoms with Gasteiger partial charge in [0.25, 0.3) is 0 Å². The number of hydrogen-bond acceptors (Lipinski definition) is 3. The summed E-state index contributed by atoms with van der Waals surface area (Å²) in [6.45, 7) is 3.18. The summed E-state index contributed by atoms with van der Waals surface area (Å²) >= 11 is 3.09. The first-order valence-corrected chi connectivity index (χ1v) is 9.34. The average Bonchev–Trinajstić information content (AvgIpc) is 2.68. The SMILES string of the molecule is Cc1cc(F)c(Br)cc1S(=O)(=O)N1C2CCNCC1CC2.Cl.